The SMILES string of the molecule is CCNc1nc(C)cc(NCC(=O)N(C)C)n1. The fourth-order valence-electron chi connectivity index (χ4n) is 1.22. The van der Waals surface area contributed by atoms with Crippen molar-refractivity contribution in [2.24, 2.45) is 0 Å². The Labute approximate surface area is 101 Å². The molecule has 0 aliphatic rings. The Bertz CT molecular complexity index is 391. The van der Waals surface area contributed by atoms with Gasteiger partial charge in [-0.15, -0.1) is 0 Å². The molecule has 0 spiro atoms. The Hall–Kier alpha value is -1.85. The molecule has 1 aromatic rings. The normalized spacial score (nSPS) is 9.88. The third-order valence-electron chi connectivity index (χ3n) is 2.11. The second-order valence-corrected chi connectivity index (χ2v) is 3.89. The molecule has 94 valence electrons. The molecule has 0 aliphatic heterocycles. The fourth-order valence-corrected chi connectivity index (χ4v) is 1.22. The van der Waals surface area contributed by atoms with Crippen molar-refractivity contribution >= 4 is 17.7 Å². The molecule has 0 unspecified atom stereocenters. The maximum absolute atomic E-state index is 11.4. The van der Waals surface area contributed by atoms with Crippen LogP contribution in [0.3, 0.4) is 0 Å². The van der Waals surface area contributed by atoms with Gasteiger partial charge in [-0.25, -0.2) is 4.98 Å². The molecule has 17 heavy (non-hydrogen) atoms. The zero-order valence-corrected chi connectivity index (χ0v) is 10.7. The van der Waals surface area contributed by atoms with Crippen LogP contribution >= 0.6 is 0 Å². The van der Waals surface area contributed by atoms with E-state index in [-0.39, 0.29) is 12.5 Å². The van der Waals surface area contributed by atoms with E-state index in [0.717, 1.165) is 12.2 Å². The van der Waals surface area contributed by atoms with Gasteiger partial charge in [0.1, 0.15) is 5.82 Å². The number of carbonyl (C=O) groups excluding carboxylic acids is 1. The monoisotopic (exact) mass is 237 g/mol. The lowest BCUT2D eigenvalue weighted by Crippen LogP contribution is -2.28. The minimum absolute atomic E-state index is 0.00580. The lowest BCUT2D eigenvalue weighted by molar-refractivity contribution is -0.126. The van der Waals surface area contributed by atoms with Crippen molar-refractivity contribution in [3.05, 3.63) is 11.8 Å². The zero-order chi connectivity index (χ0) is 12.8. The minimum Gasteiger partial charge on any atom is -0.361 e. The summed E-state index contributed by atoms with van der Waals surface area (Å²) in [6.07, 6.45) is 0. The van der Waals surface area contributed by atoms with Crippen LogP contribution in [-0.2, 0) is 4.79 Å². The van der Waals surface area contributed by atoms with Crippen LogP contribution < -0.4 is 10.6 Å². The number of aryl methyl sites for hydroxylation is 1. The van der Waals surface area contributed by atoms with Crippen molar-refractivity contribution in [1.29, 1.82) is 0 Å². The van der Waals surface area contributed by atoms with Gasteiger partial charge < -0.3 is 15.5 Å². The number of likely N-dealkylation sites (N-methyl/N-ethyl adjacent to an activating group) is 1. The Kier molecular flexibility index (Phi) is 4.68. The predicted molar refractivity (Wildman–Crippen MR) is 68.1 cm³/mol. The molecule has 0 bridgehead atoms. The first kappa shape index (κ1) is 13.2. The Morgan fingerprint density at radius 1 is 1.35 bits per heavy atom. The van der Waals surface area contributed by atoms with Gasteiger partial charge in [0.05, 0.1) is 6.54 Å². The average Bonchev–Trinajstić information content (AvgIpc) is 2.25. The Morgan fingerprint density at radius 2 is 2.06 bits per heavy atom. The summed E-state index contributed by atoms with van der Waals surface area (Å²) in [5.74, 6) is 1.24. The molecule has 0 saturated heterocycles. The first-order valence-corrected chi connectivity index (χ1v) is 5.56. The van der Waals surface area contributed by atoms with Crippen LogP contribution in [0.5, 0.6) is 0 Å². The van der Waals surface area contributed by atoms with Crippen LogP contribution in [0.2, 0.25) is 0 Å². The van der Waals surface area contributed by atoms with Crippen molar-refractivity contribution in [2.45, 2.75) is 13.8 Å². The number of carbonyl (C=O) groups is 1. The summed E-state index contributed by atoms with van der Waals surface area (Å²) < 4.78 is 0. The van der Waals surface area contributed by atoms with Gasteiger partial charge in [-0.3, -0.25) is 4.79 Å². The molecule has 1 heterocycles. The predicted octanol–water partition coefficient (Wildman–Crippen LogP) is 0.717. The highest BCUT2D eigenvalue weighted by Crippen LogP contribution is 2.08. The molecule has 6 heteroatoms. The molecule has 0 radical (unpaired) electrons. The van der Waals surface area contributed by atoms with E-state index in [1.807, 2.05) is 19.9 Å². The standard InChI is InChI=1S/C11H19N5O/c1-5-12-11-14-8(2)6-9(15-11)13-7-10(17)16(3)4/h6H,5,7H2,1-4H3,(H2,12,13,14,15). The summed E-state index contributed by atoms with van der Waals surface area (Å²) in [4.78, 5) is 21.4. The highest BCUT2D eigenvalue weighted by molar-refractivity contribution is 5.80. The van der Waals surface area contributed by atoms with Crippen LogP contribution in [-0.4, -0.2) is 48.0 Å². The van der Waals surface area contributed by atoms with E-state index < -0.39 is 0 Å². The van der Waals surface area contributed by atoms with E-state index in [1.54, 1.807) is 14.1 Å². The van der Waals surface area contributed by atoms with E-state index in [2.05, 4.69) is 20.6 Å². The lowest BCUT2D eigenvalue weighted by atomic mass is 10.4. The molecule has 1 aromatic heterocycles. The van der Waals surface area contributed by atoms with Crippen LogP contribution in [0.4, 0.5) is 11.8 Å². The maximum atomic E-state index is 11.4. The molecule has 0 aliphatic carbocycles. The molecular weight excluding hydrogens is 218 g/mol. The van der Waals surface area contributed by atoms with Crippen LogP contribution in [0.25, 0.3) is 0 Å². The first-order valence-electron chi connectivity index (χ1n) is 5.56. The summed E-state index contributed by atoms with van der Waals surface area (Å²) in [6, 6.07) is 1.81. The van der Waals surface area contributed by atoms with Gasteiger partial charge in [-0.1, -0.05) is 0 Å². The summed E-state index contributed by atoms with van der Waals surface area (Å²) >= 11 is 0. The van der Waals surface area contributed by atoms with Gasteiger partial charge in [-0.05, 0) is 13.8 Å². The summed E-state index contributed by atoms with van der Waals surface area (Å²) in [6.45, 7) is 4.87. The van der Waals surface area contributed by atoms with Gasteiger partial charge in [0, 0.05) is 32.4 Å². The maximum Gasteiger partial charge on any atom is 0.241 e. The van der Waals surface area contributed by atoms with E-state index in [4.69, 9.17) is 0 Å². The van der Waals surface area contributed by atoms with Crippen LogP contribution in [0, 0.1) is 6.92 Å². The van der Waals surface area contributed by atoms with E-state index in [1.165, 1.54) is 4.90 Å². The smallest absolute Gasteiger partial charge is 0.241 e. The average molecular weight is 237 g/mol. The number of nitrogens with one attached hydrogen (secondary N) is 2. The molecule has 0 atom stereocenters. The summed E-state index contributed by atoms with van der Waals surface area (Å²) in [5.41, 5.74) is 0.857. The molecule has 0 saturated carbocycles. The third kappa shape index (κ3) is 4.26. The van der Waals surface area contributed by atoms with Gasteiger partial charge in [0.2, 0.25) is 11.9 Å². The van der Waals surface area contributed by atoms with Gasteiger partial charge >= 0.3 is 0 Å². The van der Waals surface area contributed by atoms with Gasteiger partial charge in [0.25, 0.3) is 0 Å². The van der Waals surface area contributed by atoms with Crippen molar-refractivity contribution in [3.63, 3.8) is 0 Å². The van der Waals surface area contributed by atoms with Gasteiger partial charge in [0.15, 0.2) is 0 Å². The number of hydrogen-bond donors (Lipinski definition) is 2. The number of nitrogens with zero attached hydrogens (tertiary/aromatic N) is 3. The van der Waals surface area contributed by atoms with E-state index in [0.29, 0.717) is 11.8 Å². The number of anilines is 2. The Morgan fingerprint density at radius 3 is 2.65 bits per heavy atom. The number of aromatic nitrogens is 2. The highest BCUT2D eigenvalue weighted by Gasteiger charge is 2.05. The highest BCUT2D eigenvalue weighted by atomic mass is 16.2. The lowest BCUT2D eigenvalue weighted by Gasteiger charge is -2.12. The van der Waals surface area contributed by atoms with E-state index in [9.17, 15) is 4.79 Å². The molecule has 1 amide bonds. The second kappa shape index (κ2) is 6.03. The third-order valence-corrected chi connectivity index (χ3v) is 2.11. The fraction of sp³-hybridized carbons (Fsp3) is 0.545. The number of hydrogen-bond acceptors (Lipinski definition) is 5. The van der Waals surface area contributed by atoms with Crippen molar-refractivity contribution in [3.8, 4) is 0 Å². The minimum atomic E-state index is 0.00580. The number of amides is 1. The summed E-state index contributed by atoms with van der Waals surface area (Å²) in [5, 5.41) is 6.02. The zero-order valence-electron chi connectivity index (χ0n) is 10.7. The molecule has 1 rings (SSSR count). The van der Waals surface area contributed by atoms with Crippen LogP contribution in [0.15, 0.2) is 6.07 Å². The molecule has 6 nitrogen and oxygen atoms in total. The van der Waals surface area contributed by atoms with E-state index >= 15 is 0 Å². The van der Waals surface area contributed by atoms with Crippen molar-refractivity contribution < 1.29 is 4.79 Å². The molecule has 0 aromatic carbocycles. The van der Waals surface area contributed by atoms with Crippen molar-refractivity contribution in [1.82, 2.24) is 14.9 Å². The first-order chi connectivity index (χ1) is 8.02. The molecule has 2 N–H and O–H groups in total. The largest absolute Gasteiger partial charge is 0.361 e. The second-order valence-electron chi connectivity index (χ2n) is 3.89. The summed E-state index contributed by atoms with van der Waals surface area (Å²) in [7, 11) is 3.44. The Balaban J connectivity index is 2.67. The molecular formula is C11H19N5O. The molecule has 0 fully saturated rings. The number of rotatable bonds is 5. The van der Waals surface area contributed by atoms with Crippen molar-refractivity contribution in [2.75, 3.05) is 37.8 Å². The quantitative estimate of drug-likeness (QED) is 0.789. The topological polar surface area (TPSA) is 70.2 Å². The van der Waals surface area contributed by atoms with Gasteiger partial charge in [-0.2, -0.15) is 4.98 Å². The van der Waals surface area contributed by atoms with Crippen LogP contribution in [0.1, 0.15) is 12.6 Å².